The summed E-state index contributed by atoms with van der Waals surface area (Å²) in [6.45, 7) is 8.99. The number of aryl methyl sites for hydroxylation is 2. The molecular formula is C28H32Cl2SiZr-2. The zero-order valence-electron chi connectivity index (χ0n) is 19.4. The van der Waals surface area contributed by atoms with E-state index in [2.05, 4.69) is 124 Å². The second-order valence-electron chi connectivity index (χ2n) is 7.46. The van der Waals surface area contributed by atoms with Gasteiger partial charge in [0, 0.05) is 0 Å². The fourth-order valence-electron chi connectivity index (χ4n) is 3.07. The Kier molecular flexibility index (Phi) is 16.7. The Morgan fingerprint density at radius 1 is 0.625 bits per heavy atom. The Hall–Kier alpha value is -1.18. The number of hydrogen-bond acceptors (Lipinski definition) is 0. The van der Waals surface area contributed by atoms with Gasteiger partial charge in [-0.3, -0.25) is 0 Å². The minimum Gasteiger partial charge on any atom is -1.00 e. The Balaban J connectivity index is 0.000000490. The Labute approximate surface area is 222 Å². The zero-order valence-corrected chi connectivity index (χ0v) is 24.4. The fourth-order valence-corrected chi connectivity index (χ4v) is 3.07. The molecule has 4 heteroatoms. The van der Waals surface area contributed by atoms with E-state index in [4.69, 9.17) is 0 Å². The number of benzene rings is 2. The first-order valence-electron chi connectivity index (χ1n) is 10.7. The first kappa shape index (κ1) is 30.8. The van der Waals surface area contributed by atoms with Gasteiger partial charge in [-0.25, -0.2) is 0 Å². The molecule has 168 valence electrons. The second kappa shape index (κ2) is 17.3. The largest absolute Gasteiger partial charge is 1.00 e. The summed E-state index contributed by atoms with van der Waals surface area (Å²) in [7, 11) is 0. The van der Waals surface area contributed by atoms with Gasteiger partial charge in [0.1, 0.15) is 0 Å². The fraction of sp³-hybridized carbons (Fsp3) is 0.214. The molecule has 4 rings (SSSR count). The van der Waals surface area contributed by atoms with Crippen LogP contribution in [0.3, 0.4) is 0 Å². The van der Waals surface area contributed by atoms with E-state index in [9.17, 15) is 0 Å². The molecule has 0 bridgehead atoms. The first-order valence-corrected chi connectivity index (χ1v) is 16.9. The van der Waals surface area contributed by atoms with Crippen LogP contribution in [-0.4, -0.2) is 5.43 Å². The molecule has 0 fully saturated rings. The van der Waals surface area contributed by atoms with Crippen LogP contribution >= 0.6 is 0 Å². The molecule has 0 saturated heterocycles. The molecule has 4 aromatic rings. The van der Waals surface area contributed by atoms with Gasteiger partial charge in [0.15, 0.2) is 0 Å². The molecule has 0 spiro atoms. The molecule has 0 unspecified atom stereocenters. The third kappa shape index (κ3) is 11.1. The maximum Gasteiger partial charge on any atom is -1.00 e. The van der Waals surface area contributed by atoms with Crippen molar-refractivity contribution in [2.75, 3.05) is 0 Å². The van der Waals surface area contributed by atoms with Crippen LogP contribution in [0, 0.1) is 0 Å². The van der Waals surface area contributed by atoms with E-state index >= 15 is 0 Å². The van der Waals surface area contributed by atoms with Crippen molar-refractivity contribution in [1.29, 1.82) is 0 Å². The van der Waals surface area contributed by atoms with E-state index in [-0.39, 0.29) is 30.2 Å². The zero-order chi connectivity index (χ0) is 21.8. The van der Waals surface area contributed by atoms with Gasteiger partial charge in [0.2, 0.25) is 0 Å². The van der Waals surface area contributed by atoms with Crippen molar-refractivity contribution in [3.05, 3.63) is 108 Å². The van der Waals surface area contributed by atoms with E-state index < -0.39 is 0 Å². The summed E-state index contributed by atoms with van der Waals surface area (Å²) >= 11 is 1.74. The third-order valence-electron chi connectivity index (χ3n) is 4.66. The van der Waals surface area contributed by atoms with Crippen molar-refractivity contribution < 1.29 is 48.1 Å². The van der Waals surface area contributed by atoms with E-state index in [1.54, 1.807) is 23.3 Å². The second-order valence-corrected chi connectivity index (χ2v) is 16.8. The van der Waals surface area contributed by atoms with Gasteiger partial charge in [-0.05, 0) is 12.8 Å². The smallest absolute Gasteiger partial charge is 1.00 e. The molecule has 32 heavy (non-hydrogen) atoms. The summed E-state index contributed by atoms with van der Waals surface area (Å²) in [5, 5.41) is 0. The molecule has 0 heterocycles. The van der Waals surface area contributed by atoms with Crippen LogP contribution in [0.2, 0.25) is 13.1 Å². The quantitative estimate of drug-likeness (QED) is 0.266. The van der Waals surface area contributed by atoms with Crippen LogP contribution in [0.1, 0.15) is 25.0 Å². The maximum atomic E-state index is 2.31. The third-order valence-corrected chi connectivity index (χ3v) is 4.66. The minimum atomic E-state index is 0. The predicted octanol–water partition coefficient (Wildman–Crippen LogP) is 2.06. The van der Waals surface area contributed by atoms with Gasteiger partial charge in [-0.2, -0.15) is 24.3 Å². The molecule has 0 nitrogen and oxygen atoms in total. The topological polar surface area (TPSA) is 0 Å². The van der Waals surface area contributed by atoms with E-state index in [1.165, 1.54) is 33.4 Å². The van der Waals surface area contributed by atoms with E-state index in [0.717, 1.165) is 12.8 Å². The molecule has 0 aliphatic rings. The summed E-state index contributed by atoms with van der Waals surface area (Å²) in [5.41, 5.74) is 8.29. The molecular weight excluding hydrogens is 527 g/mol. The van der Waals surface area contributed by atoms with Gasteiger partial charge < -0.3 is 24.8 Å². The molecule has 0 amide bonds. The van der Waals surface area contributed by atoms with Crippen molar-refractivity contribution in [2.45, 2.75) is 39.8 Å². The predicted molar refractivity (Wildman–Crippen MR) is 131 cm³/mol. The SMILES string of the molecule is CCc1cccc(-[c-]2cccc2)c1.CCc1cccc(-[c-]2cccc2)c1.C[Si](C)=[Zr+2].[Cl-].[Cl-]. The van der Waals surface area contributed by atoms with E-state index in [0.29, 0.717) is 0 Å². The molecule has 0 aromatic heterocycles. The number of rotatable bonds is 4. The normalized spacial score (nSPS) is 9.19. The van der Waals surface area contributed by atoms with E-state index in [1.807, 2.05) is 0 Å². The van der Waals surface area contributed by atoms with Crippen LogP contribution in [0.4, 0.5) is 0 Å². The Bertz CT molecular complexity index is 924. The summed E-state index contributed by atoms with van der Waals surface area (Å²) in [5.74, 6) is 0. The van der Waals surface area contributed by atoms with Gasteiger partial charge in [-0.1, -0.05) is 60.4 Å². The van der Waals surface area contributed by atoms with Crippen molar-refractivity contribution in [3.63, 3.8) is 0 Å². The molecule has 0 N–H and O–H groups in total. The van der Waals surface area contributed by atoms with Crippen molar-refractivity contribution >= 4 is 5.43 Å². The van der Waals surface area contributed by atoms with Crippen LogP contribution in [0.25, 0.3) is 22.3 Å². The summed E-state index contributed by atoms with van der Waals surface area (Å²) in [6, 6.07) is 34.3. The molecule has 0 saturated carbocycles. The molecule has 4 aromatic carbocycles. The van der Waals surface area contributed by atoms with Crippen molar-refractivity contribution in [3.8, 4) is 22.3 Å². The van der Waals surface area contributed by atoms with Crippen molar-refractivity contribution in [1.82, 2.24) is 0 Å². The van der Waals surface area contributed by atoms with Crippen LogP contribution in [0.5, 0.6) is 0 Å². The maximum absolute atomic E-state index is 2.31. The Morgan fingerprint density at radius 2 is 0.938 bits per heavy atom. The Morgan fingerprint density at radius 3 is 1.22 bits per heavy atom. The summed E-state index contributed by atoms with van der Waals surface area (Å²) in [6.07, 6.45) is 2.21. The van der Waals surface area contributed by atoms with Gasteiger partial charge in [0.25, 0.3) is 0 Å². The monoisotopic (exact) mass is 556 g/mol. The van der Waals surface area contributed by atoms with Crippen molar-refractivity contribution in [2.24, 2.45) is 0 Å². The number of halogens is 2. The minimum absolute atomic E-state index is 0. The van der Waals surface area contributed by atoms with Gasteiger partial charge >= 0.3 is 41.9 Å². The summed E-state index contributed by atoms with van der Waals surface area (Å²) in [4.78, 5) is 0. The molecule has 0 atom stereocenters. The molecule has 0 aliphatic heterocycles. The van der Waals surface area contributed by atoms with Gasteiger partial charge in [-0.15, -0.1) is 59.7 Å². The summed E-state index contributed by atoms with van der Waals surface area (Å²) < 4.78 is 0. The first-order chi connectivity index (χ1) is 14.5. The van der Waals surface area contributed by atoms with Crippen LogP contribution in [-0.2, 0) is 36.2 Å². The molecule has 0 radical (unpaired) electrons. The average molecular weight is 559 g/mol. The van der Waals surface area contributed by atoms with Crippen LogP contribution in [0.15, 0.2) is 97.1 Å². The van der Waals surface area contributed by atoms with Gasteiger partial charge in [0.05, 0.1) is 0 Å². The average Bonchev–Trinajstić information content (AvgIpc) is 3.48. The molecule has 0 aliphatic carbocycles. The van der Waals surface area contributed by atoms with Crippen LogP contribution < -0.4 is 24.8 Å². The standard InChI is InChI=1S/2C13H13.C2H6Si.2ClH.Zr/c2*1-2-11-6-5-9-13(10-11)12-7-3-4-8-12;1-3-2;;;/h2*3-10H,2H2,1H3;1-2H3;2*1H;/q2*-1;;;;+2/p-2. The number of hydrogen-bond donors (Lipinski definition) is 0.